The van der Waals surface area contributed by atoms with Gasteiger partial charge in [0.15, 0.2) is 0 Å². The molecule has 0 amide bonds. The predicted octanol–water partition coefficient (Wildman–Crippen LogP) is 4.77. The first kappa shape index (κ1) is 23.4. The number of hydrogen-bond acceptors (Lipinski definition) is 6. The van der Waals surface area contributed by atoms with Gasteiger partial charge in [-0.1, -0.05) is 31.5 Å². The van der Waals surface area contributed by atoms with Crippen molar-refractivity contribution in [3.63, 3.8) is 0 Å². The molecule has 32 heavy (non-hydrogen) atoms. The van der Waals surface area contributed by atoms with E-state index < -0.39 is 5.97 Å². The lowest BCUT2D eigenvalue weighted by atomic mass is 9.81. The van der Waals surface area contributed by atoms with E-state index in [1.165, 1.54) is 12.5 Å². The zero-order chi connectivity index (χ0) is 22.9. The summed E-state index contributed by atoms with van der Waals surface area (Å²) in [5.41, 5.74) is 14.5. The van der Waals surface area contributed by atoms with Crippen LogP contribution in [0, 0.1) is 11.8 Å². The fraction of sp³-hybridized carbons (Fsp3) is 0.385. The van der Waals surface area contributed by atoms with Gasteiger partial charge in [-0.3, -0.25) is 4.79 Å². The predicted molar refractivity (Wildman–Crippen MR) is 127 cm³/mol. The topological polar surface area (TPSA) is 105 Å². The van der Waals surface area contributed by atoms with Crippen LogP contribution in [0.4, 0.5) is 11.4 Å². The molecule has 170 valence electrons. The lowest BCUT2D eigenvalue weighted by Gasteiger charge is -2.26. The number of nitrogen functional groups attached to an aromatic ring is 2. The summed E-state index contributed by atoms with van der Waals surface area (Å²) in [6.07, 6.45) is 8.76. The Morgan fingerprint density at radius 3 is 2.41 bits per heavy atom. The first-order valence-electron chi connectivity index (χ1n) is 11.2. The summed E-state index contributed by atoms with van der Waals surface area (Å²) in [6, 6.07) is 12.4. The normalized spacial score (nSPS) is 18.4. The highest BCUT2D eigenvalue weighted by atomic mass is 16.5. The van der Waals surface area contributed by atoms with Crippen LogP contribution in [0.2, 0.25) is 0 Å². The molecule has 2 aromatic carbocycles. The number of hydrogen-bond donors (Lipinski definition) is 2. The number of benzene rings is 2. The van der Waals surface area contributed by atoms with Crippen molar-refractivity contribution in [2.75, 3.05) is 18.1 Å². The maximum Gasteiger partial charge on any atom is 0.330 e. The second-order valence-electron chi connectivity index (χ2n) is 8.33. The van der Waals surface area contributed by atoms with Gasteiger partial charge in [-0.15, -0.1) is 0 Å². The Balaban J connectivity index is 1.42. The maximum atomic E-state index is 12.4. The summed E-state index contributed by atoms with van der Waals surface area (Å²) in [5.74, 6) is 0.683. The quantitative estimate of drug-likeness (QED) is 0.267. The summed E-state index contributed by atoms with van der Waals surface area (Å²) < 4.78 is 10.8. The van der Waals surface area contributed by atoms with Crippen molar-refractivity contribution >= 4 is 29.4 Å². The maximum absolute atomic E-state index is 12.4. The van der Waals surface area contributed by atoms with Gasteiger partial charge in [0, 0.05) is 23.9 Å². The fourth-order valence-electron chi connectivity index (χ4n) is 3.97. The van der Waals surface area contributed by atoms with Gasteiger partial charge in [-0.2, -0.15) is 0 Å². The number of carbonyl (C=O) groups is 2. The van der Waals surface area contributed by atoms with Gasteiger partial charge in [0.05, 0.1) is 12.5 Å². The van der Waals surface area contributed by atoms with Crippen LogP contribution in [-0.2, 0) is 20.7 Å². The standard InChI is InChI=1S/C26H32N2O4/c1-2-18-3-8-21(9-4-18)26(30)32-23-12-5-19(6-13-23)7-14-25(29)31-16-15-20-10-11-22(27)17-24(20)28/h5-7,10-14,17-18,21H,2-4,8-9,15-16,27-28H2,1H3. The number of anilines is 2. The van der Waals surface area contributed by atoms with Gasteiger partial charge in [0.25, 0.3) is 0 Å². The monoisotopic (exact) mass is 436 g/mol. The van der Waals surface area contributed by atoms with Crippen LogP contribution < -0.4 is 16.2 Å². The van der Waals surface area contributed by atoms with Crippen LogP contribution in [-0.4, -0.2) is 18.5 Å². The lowest BCUT2D eigenvalue weighted by molar-refractivity contribution is -0.140. The Bertz CT molecular complexity index is 945. The Labute approximate surface area is 189 Å². The van der Waals surface area contributed by atoms with E-state index in [9.17, 15) is 9.59 Å². The van der Waals surface area contributed by atoms with E-state index in [0.717, 1.165) is 42.7 Å². The molecule has 0 aliphatic heterocycles. The highest BCUT2D eigenvalue weighted by Gasteiger charge is 2.26. The molecule has 0 radical (unpaired) electrons. The van der Waals surface area contributed by atoms with Crippen molar-refractivity contribution in [3.8, 4) is 5.75 Å². The van der Waals surface area contributed by atoms with Gasteiger partial charge in [0.1, 0.15) is 5.75 Å². The summed E-state index contributed by atoms with van der Waals surface area (Å²) >= 11 is 0. The van der Waals surface area contributed by atoms with Crippen LogP contribution >= 0.6 is 0 Å². The summed E-state index contributed by atoms with van der Waals surface area (Å²) in [5, 5.41) is 0. The Morgan fingerprint density at radius 1 is 1.03 bits per heavy atom. The van der Waals surface area contributed by atoms with Crippen LogP contribution in [0.15, 0.2) is 48.5 Å². The molecule has 1 saturated carbocycles. The number of nitrogens with two attached hydrogens (primary N) is 2. The van der Waals surface area contributed by atoms with Crippen molar-refractivity contribution in [2.24, 2.45) is 11.8 Å². The largest absolute Gasteiger partial charge is 0.462 e. The third-order valence-electron chi connectivity index (χ3n) is 6.05. The van der Waals surface area contributed by atoms with Crippen molar-refractivity contribution in [2.45, 2.75) is 45.4 Å². The van der Waals surface area contributed by atoms with Gasteiger partial charge in [-0.25, -0.2) is 4.79 Å². The molecular formula is C26H32N2O4. The molecule has 0 unspecified atom stereocenters. The average molecular weight is 437 g/mol. The number of carbonyl (C=O) groups excluding carboxylic acids is 2. The molecule has 0 spiro atoms. The van der Waals surface area contributed by atoms with E-state index in [0.29, 0.717) is 23.5 Å². The highest BCUT2D eigenvalue weighted by Crippen LogP contribution is 2.31. The van der Waals surface area contributed by atoms with Crippen molar-refractivity contribution in [1.29, 1.82) is 0 Å². The lowest BCUT2D eigenvalue weighted by Crippen LogP contribution is -2.25. The second-order valence-corrected chi connectivity index (χ2v) is 8.33. The molecule has 3 rings (SSSR count). The zero-order valence-corrected chi connectivity index (χ0v) is 18.6. The first-order valence-corrected chi connectivity index (χ1v) is 11.2. The SMILES string of the molecule is CCC1CCC(C(=O)Oc2ccc(C=CC(=O)OCCc3ccc(N)cc3N)cc2)CC1. The van der Waals surface area contributed by atoms with Crippen LogP contribution in [0.3, 0.4) is 0 Å². The summed E-state index contributed by atoms with van der Waals surface area (Å²) in [4.78, 5) is 24.3. The number of ether oxygens (including phenoxy) is 2. The van der Waals surface area contributed by atoms with Crippen molar-refractivity contribution in [1.82, 2.24) is 0 Å². The zero-order valence-electron chi connectivity index (χ0n) is 18.6. The number of esters is 2. The van der Waals surface area contributed by atoms with Crippen LogP contribution in [0.1, 0.15) is 50.2 Å². The molecule has 0 saturated heterocycles. The minimum absolute atomic E-state index is 0.00395. The van der Waals surface area contributed by atoms with Crippen molar-refractivity contribution in [3.05, 3.63) is 59.7 Å². The first-order chi connectivity index (χ1) is 15.4. The van der Waals surface area contributed by atoms with E-state index in [4.69, 9.17) is 20.9 Å². The summed E-state index contributed by atoms with van der Waals surface area (Å²) in [6.45, 7) is 2.43. The Kier molecular flexibility index (Phi) is 8.31. The molecule has 4 N–H and O–H groups in total. The molecule has 1 aliphatic rings. The van der Waals surface area contributed by atoms with Crippen molar-refractivity contribution < 1.29 is 19.1 Å². The average Bonchev–Trinajstić information content (AvgIpc) is 2.80. The molecule has 1 aliphatic carbocycles. The molecule has 6 nitrogen and oxygen atoms in total. The summed E-state index contributed by atoms with van der Waals surface area (Å²) in [7, 11) is 0. The molecular weight excluding hydrogens is 404 g/mol. The number of rotatable bonds is 8. The second kappa shape index (κ2) is 11.4. The third kappa shape index (κ3) is 6.87. The molecule has 6 heteroatoms. The van der Waals surface area contributed by atoms with E-state index in [1.807, 2.05) is 6.07 Å². The minimum atomic E-state index is -0.433. The highest BCUT2D eigenvalue weighted by molar-refractivity contribution is 5.87. The molecule has 1 fully saturated rings. The van der Waals surface area contributed by atoms with Gasteiger partial charge >= 0.3 is 11.9 Å². The van der Waals surface area contributed by atoms with Gasteiger partial charge < -0.3 is 20.9 Å². The minimum Gasteiger partial charge on any atom is -0.462 e. The van der Waals surface area contributed by atoms with Gasteiger partial charge in [0.2, 0.25) is 0 Å². The molecule has 0 heterocycles. The van der Waals surface area contributed by atoms with Crippen LogP contribution in [0.5, 0.6) is 5.75 Å². The molecule has 0 atom stereocenters. The molecule has 2 aromatic rings. The fourth-order valence-corrected chi connectivity index (χ4v) is 3.97. The smallest absolute Gasteiger partial charge is 0.330 e. The molecule has 0 aromatic heterocycles. The van der Waals surface area contributed by atoms with E-state index in [-0.39, 0.29) is 18.5 Å². The van der Waals surface area contributed by atoms with Crippen LogP contribution in [0.25, 0.3) is 6.08 Å². The molecule has 0 bridgehead atoms. The third-order valence-corrected chi connectivity index (χ3v) is 6.05. The van der Waals surface area contributed by atoms with E-state index >= 15 is 0 Å². The Morgan fingerprint density at radius 2 is 1.75 bits per heavy atom. The Hall–Kier alpha value is -3.28. The van der Waals surface area contributed by atoms with E-state index in [1.54, 1.807) is 42.5 Å². The van der Waals surface area contributed by atoms with Gasteiger partial charge in [-0.05, 0) is 73.1 Å². The van der Waals surface area contributed by atoms with E-state index in [2.05, 4.69) is 6.92 Å².